The number of methoxy groups -OCH3 is 2. The molecule has 0 aliphatic carbocycles. The summed E-state index contributed by atoms with van der Waals surface area (Å²) < 4.78 is 10.5. The van der Waals surface area contributed by atoms with E-state index in [-0.39, 0.29) is 18.4 Å². The minimum atomic E-state index is -0.0908. The van der Waals surface area contributed by atoms with Crippen LogP contribution >= 0.6 is 11.6 Å². The number of benzene rings is 2. The van der Waals surface area contributed by atoms with Crippen LogP contribution in [0.15, 0.2) is 42.5 Å². The molecule has 0 unspecified atom stereocenters. The van der Waals surface area contributed by atoms with E-state index in [1.807, 2.05) is 4.90 Å². The molecule has 1 aliphatic heterocycles. The summed E-state index contributed by atoms with van der Waals surface area (Å²) in [5.74, 6) is 0.958. The first-order valence-corrected chi connectivity index (χ1v) is 9.67. The van der Waals surface area contributed by atoms with Crippen molar-refractivity contribution >= 4 is 29.1 Å². The standard InChI is InChI=1S/C21H24ClN3O4/c1-28-18-8-3-15(13-19(18)29-2)21(27)25-11-9-24(10-12-25)14-20(26)23-17-6-4-16(22)5-7-17/h3-8,13H,9-12,14H2,1-2H3,(H,23,26). The molecule has 3 rings (SSSR count). The summed E-state index contributed by atoms with van der Waals surface area (Å²) in [4.78, 5) is 28.8. The Morgan fingerprint density at radius 1 is 0.966 bits per heavy atom. The Labute approximate surface area is 175 Å². The lowest BCUT2D eigenvalue weighted by molar-refractivity contribution is -0.117. The molecule has 0 aromatic heterocycles. The van der Waals surface area contributed by atoms with E-state index >= 15 is 0 Å². The number of piperazine rings is 1. The van der Waals surface area contributed by atoms with Crippen molar-refractivity contribution < 1.29 is 19.1 Å². The number of nitrogens with one attached hydrogen (secondary N) is 1. The molecule has 1 saturated heterocycles. The lowest BCUT2D eigenvalue weighted by Gasteiger charge is -2.34. The molecule has 2 aromatic rings. The highest BCUT2D eigenvalue weighted by Gasteiger charge is 2.24. The number of anilines is 1. The second kappa shape index (κ2) is 9.62. The maximum atomic E-state index is 12.8. The molecule has 1 N–H and O–H groups in total. The number of hydrogen-bond donors (Lipinski definition) is 1. The van der Waals surface area contributed by atoms with E-state index in [4.69, 9.17) is 21.1 Å². The predicted molar refractivity (Wildman–Crippen MR) is 112 cm³/mol. The van der Waals surface area contributed by atoms with Crippen LogP contribution in [-0.2, 0) is 4.79 Å². The molecule has 154 valence electrons. The lowest BCUT2D eigenvalue weighted by Crippen LogP contribution is -2.50. The molecule has 0 bridgehead atoms. The lowest BCUT2D eigenvalue weighted by atomic mass is 10.1. The molecular formula is C21H24ClN3O4. The Bertz CT molecular complexity index is 865. The maximum absolute atomic E-state index is 12.8. The summed E-state index contributed by atoms with van der Waals surface area (Å²) in [5.41, 5.74) is 1.26. The predicted octanol–water partition coefficient (Wildman–Crippen LogP) is 2.75. The number of halogens is 1. The van der Waals surface area contributed by atoms with Crippen LogP contribution in [-0.4, -0.2) is 68.6 Å². The van der Waals surface area contributed by atoms with Crippen molar-refractivity contribution in [2.45, 2.75) is 0 Å². The number of nitrogens with zero attached hydrogens (tertiary/aromatic N) is 2. The van der Waals surface area contributed by atoms with Crippen molar-refractivity contribution in [1.82, 2.24) is 9.80 Å². The Kier molecular flexibility index (Phi) is 6.95. The first-order chi connectivity index (χ1) is 14.0. The topological polar surface area (TPSA) is 71.1 Å². The average molecular weight is 418 g/mol. The van der Waals surface area contributed by atoms with Crippen LogP contribution in [0, 0.1) is 0 Å². The van der Waals surface area contributed by atoms with Crippen molar-refractivity contribution in [2.24, 2.45) is 0 Å². The van der Waals surface area contributed by atoms with Gasteiger partial charge < -0.3 is 19.7 Å². The quantitative estimate of drug-likeness (QED) is 0.782. The van der Waals surface area contributed by atoms with Crippen LogP contribution in [0.3, 0.4) is 0 Å². The second-order valence-corrected chi connectivity index (χ2v) is 7.13. The SMILES string of the molecule is COc1ccc(C(=O)N2CCN(CC(=O)Nc3ccc(Cl)cc3)CC2)cc1OC. The molecule has 1 heterocycles. The fourth-order valence-electron chi connectivity index (χ4n) is 3.20. The van der Waals surface area contributed by atoms with E-state index in [0.717, 1.165) is 0 Å². The Balaban J connectivity index is 1.51. The van der Waals surface area contributed by atoms with Gasteiger partial charge in [0.2, 0.25) is 5.91 Å². The molecule has 7 nitrogen and oxygen atoms in total. The van der Waals surface area contributed by atoms with Crippen molar-refractivity contribution in [2.75, 3.05) is 52.3 Å². The molecule has 0 spiro atoms. The highest BCUT2D eigenvalue weighted by molar-refractivity contribution is 6.30. The fraction of sp³-hybridized carbons (Fsp3) is 0.333. The van der Waals surface area contributed by atoms with Crippen LogP contribution < -0.4 is 14.8 Å². The molecule has 0 atom stereocenters. The highest BCUT2D eigenvalue weighted by atomic mass is 35.5. The number of rotatable bonds is 6. The summed E-state index contributed by atoms with van der Waals surface area (Å²) in [7, 11) is 3.10. The van der Waals surface area contributed by atoms with Gasteiger partial charge in [-0.25, -0.2) is 0 Å². The van der Waals surface area contributed by atoms with E-state index in [1.54, 1.807) is 61.6 Å². The third-order valence-corrected chi connectivity index (χ3v) is 5.04. The van der Waals surface area contributed by atoms with Gasteiger partial charge in [0, 0.05) is 42.5 Å². The van der Waals surface area contributed by atoms with Crippen LogP contribution in [0.4, 0.5) is 5.69 Å². The first-order valence-electron chi connectivity index (χ1n) is 9.29. The minimum Gasteiger partial charge on any atom is -0.493 e. The zero-order valence-corrected chi connectivity index (χ0v) is 17.2. The van der Waals surface area contributed by atoms with Gasteiger partial charge in [0.25, 0.3) is 5.91 Å². The molecule has 8 heteroatoms. The van der Waals surface area contributed by atoms with Gasteiger partial charge in [0.1, 0.15) is 0 Å². The van der Waals surface area contributed by atoms with Gasteiger partial charge in [0.05, 0.1) is 20.8 Å². The smallest absolute Gasteiger partial charge is 0.254 e. The van der Waals surface area contributed by atoms with E-state index in [9.17, 15) is 9.59 Å². The van der Waals surface area contributed by atoms with Gasteiger partial charge in [-0.2, -0.15) is 0 Å². The molecule has 0 saturated carbocycles. The normalized spacial score (nSPS) is 14.4. The third-order valence-electron chi connectivity index (χ3n) is 4.79. The molecule has 1 aliphatic rings. The molecular weight excluding hydrogens is 394 g/mol. The molecule has 29 heavy (non-hydrogen) atoms. The summed E-state index contributed by atoms with van der Waals surface area (Å²) in [6, 6.07) is 12.1. The summed E-state index contributed by atoms with van der Waals surface area (Å²) in [6.07, 6.45) is 0. The van der Waals surface area contributed by atoms with Crippen molar-refractivity contribution in [3.05, 3.63) is 53.1 Å². The average Bonchev–Trinajstić information content (AvgIpc) is 2.75. The fourth-order valence-corrected chi connectivity index (χ4v) is 3.32. The summed E-state index contributed by atoms with van der Waals surface area (Å²) >= 11 is 5.85. The van der Waals surface area contributed by atoms with Gasteiger partial charge >= 0.3 is 0 Å². The Hall–Kier alpha value is -2.77. The third kappa shape index (κ3) is 5.40. The van der Waals surface area contributed by atoms with Crippen LogP contribution in [0.1, 0.15) is 10.4 Å². The van der Waals surface area contributed by atoms with E-state index in [2.05, 4.69) is 5.32 Å². The summed E-state index contributed by atoms with van der Waals surface area (Å²) in [6.45, 7) is 2.66. The van der Waals surface area contributed by atoms with Crippen LogP contribution in [0.25, 0.3) is 0 Å². The molecule has 0 radical (unpaired) electrons. The monoisotopic (exact) mass is 417 g/mol. The Morgan fingerprint density at radius 2 is 1.62 bits per heavy atom. The molecule has 2 aromatic carbocycles. The van der Waals surface area contributed by atoms with Crippen LogP contribution in [0.5, 0.6) is 11.5 Å². The zero-order valence-electron chi connectivity index (χ0n) is 16.5. The molecule has 2 amide bonds. The van der Waals surface area contributed by atoms with Crippen molar-refractivity contribution in [1.29, 1.82) is 0 Å². The molecule has 1 fully saturated rings. The number of amides is 2. The second-order valence-electron chi connectivity index (χ2n) is 6.69. The van der Waals surface area contributed by atoms with E-state index in [1.165, 1.54) is 0 Å². The number of carbonyl (C=O) groups excluding carboxylic acids is 2. The Morgan fingerprint density at radius 3 is 2.24 bits per heavy atom. The van der Waals surface area contributed by atoms with E-state index < -0.39 is 0 Å². The van der Waals surface area contributed by atoms with Gasteiger partial charge in [0.15, 0.2) is 11.5 Å². The van der Waals surface area contributed by atoms with Gasteiger partial charge in [-0.05, 0) is 42.5 Å². The van der Waals surface area contributed by atoms with Crippen molar-refractivity contribution in [3.8, 4) is 11.5 Å². The largest absolute Gasteiger partial charge is 0.493 e. The zero-order chi connectivity index (χ0) is 20.8. The van der Waals surface area contributed by atoms with Crippen molar-refractivity contribution in [3.63, 3.8) is 0 Å². The number of carbonyl (C=O) groups is 2. The highest BCUT2D eigenvalue weighted by Crippen LogP contribution is 2.28. The first kappa shape index (κ1) is 21.0. The minimum absolute atomic E-state index is 0.0591. The van der Waals surface area contributed by atoms with Crippen LogP contribution in [0.2, 0.25) is 5.02 Å². The maximum Gasteiger partial charge on any atom is 0.254 e. The van der Waals surface area contributed by atoms with E-state index in [0.29, 0.717) is 54.0 Å². The van der Waals surface area contributed by atoms with Gasteiger partial charge in [-0.3, -0.25) is 14.5 Å². The number of ether oxygens (including phenoxy) is 2. The summed E-state index contributed by atoms with van der Waals surface area (Å²) in [5, 5.41) is 3.48. The van der Waals surface area contributed by atoms with Gasteiger partial charge in [-0.1, -0.05) is 11.6 Å². The van der Waals surface area contributed by atoms with Gasteiger partial charge in [-0.15, -0.1) is 0 Å². The number of hydrogen-bond acceptors (Lipinski definition) is 5.